The molecule has 38 heavy (non-hydrogen) atoms. The van der Waals surface area contributed by atoms with Crippen LogP contribution in [-0.2, 0) is 14.3 Å². The minimum atomic E-state index is -0.978. The van der Waals surface area contributed by atoms with Crippen LogP contribution < -0.4 is 9.64 Å². The van der Waals surface area contributed by atoms with Gasteiger partial charge in [0, 0.05) is 0 Å². The molecule has 194 valence electrons. The number of ketones is 1. The van der Waals surface area contributed by atoms with E-state index in [0.717, 1.165) is 16.9 Å². The topological polar surface area (TPSA) is 106 Å². The Balaban J connectivity index is 1.76. The average Bonchev–Trinajstić information content (AvgIpc) is 3.43. The number of esters is 1. The molecule has 0 radical (unpaired) electrons. The summed E-state index contributed by atoms with van der Waals surface area (Å²) in [4.78, 5) is 45.1. The van der Waals surface area contributed by atoms with Crippen molar-refractivity contribution in [1.29, 1.82) is 0 Å². The van der Waals surface area contributed by atoms with Crippen LogP contribution >= 0.6 is 11.3 Å². The molecule has 0 saturated heterocycles. The zero-order chi connectivity index (χ0) is 27.2. The quantitative estimate of drug-likeness (QED) is 0.213. The van der Waals surface area contributed by atoms with Gasteiger partial charge < -0.3 is 14.6 Å². The molecule has 9 heteroatoms. The summed E-state index contributed by atoms with van der Waals surface area (Å²) in [6.45, 7) is 7.53. The number of anilines is 1. The molecule has 4 rings (SSSR count). The fourth-order valence-electron chi connectivity index (χ4n) is 3.98. The molecule has 8 nitrogen and oxygen atoms in total. The summed E-state index contributed by atoms with van der Waals surface area (Å²) in [5.41, 5.74) is 1.62. The molecule has 0 saturated carbocycles. The Morgan fingerprint density at radius 1 is 1.16 bits per heavy atom. The van der Waals surface area contributed by atoms with Crippen LogP contribution in [0.25, 0.3) is 6.08 Å². The number of hydrogen-bond acceptors (Lipinski definition) is 8. The van der Waals surface area contributed by atoms with Crippen LogP contribution in [0.2, 0.25) is 0 Å². The van der Waals surface area contributed by atoms with E-state index in [1.807, 2.05) is 37.3 Å². The van der Waals surface area contributed by atoms with E-state index < -0.39 is 29.5 Å². The van der Waals surface area contributed by atoms with Crippen molar-refractivity contribution >= 4 is 40.2 Å². The van der Waals surface area contributed by atoms with Crippen molar-refractivity contribution in [1.82, 2.24) is 4.98 Å². The maximum atomic E-state index is 13.4. The monoisotopic (exact) mass is 530 g/mol. The van der Waals surface area contributed by atoms with Crippen LogP contribution in [0.4, 0.5) is 5.13 Å². The summed E-state index contributed by atoms with van der Waals surface area (Å²) in [5.74, 6) is -1.97. The highest BCUT2D eigenvalue weighted by Gasteiger charge is 2.45. The zero-order valence-electron chi connectivity index (χ0n) is 20.9. The van der Waals surface area contributed by atoms with Gasteiger partial charge >= 0.3 is 5.97 Å². The molecule has 0 spiro atoms. The van der Waals surface area contributed by atoms with Crippen LogP contribution in [0.3, 0.4) is 0 Å². The molecule has 1 aromatic heterocycles. The van der Waals surface area contributed by atoms with Gasteiger partial charge in [-0.1, -0.05) is 72.5 Å². The molecule has 2 aromatic carbocycles. The number of amides is 1. The lowest BCUT2D eigenvalue weighted by Gasteiger charge is -2.24. The first-order chi connectivity index (χ1) is 18.3. The third-order valence-corrected chi connectivity index (χ3v) is 6.85. The molecular formula is C29H26N2O6S. The normalized spacial score (nSPS) is 15.3. The fourth-order valence-corrected chi connectivity index (χ4v) is 4.97. The second kappa shape index (κ2) is 11.7. The third-order valence-electron chi connectivity index (χ3n) is 5.72. The highest BCUT2D eigenvalue weighted by Crippen LogP contribution is 2.43. The van der Waals surface area contributed by atoms with Gasteiger partial charge in [0.25, 0.3) is 5.91 Å². The number of nitrogens with zero attached hydrogens (tertiary/aromatic N) is 2. The van der Waals surface area contributed by atoms with E-state index in [0.29, 0.717) is 23.6 Å². The smallest absolute Gasteiger partial charge is 0.350 e. The van der Waals surface area contributed by atoms with Gasteiger partial charge in [0.15, 0.2) is 16.7 Å². The first-order valence-electron chi connectivity index (χ1n) is 11.9. The molecule has 1 aliphatic rings. The summed E-state index contributed by atoms with van der Waals surface area (Å²) in [7, 11) is 0. The number of carbonyl (C=O) groups excluding carboxylic acids is 3. The van der Waals surface area contributed by atoms with E-state index in [1.54, 1.807) is 37.3 Å². The molecule has 1 unspecified atom stereocenters. The van der Waals surface area contributed by atoms with Crippen molar-refractivity contribution in [2.75, 3.05) is 18.1 Å². The highest BCUT2D eigenvalue weighted by molar-refractivity contribution is 7.17. The highest BCUT2D eigenvalue weighted by atomic mass is 32.1. The Hall–Kier alpha value is -4.50. The summed E-state index contributed by atoms with van der Waals surface area (Å²) >= 11 is 0.948. The van der Waals surface area contributed by atoms with Gasteiger partial charge in [-0.2, -0.15) is 0 Å². The van der Waals surface area contributed by atoms with Crippen LogP contribution in [0.1, 0.15) is 39.5 Å². The number of aryl methyl sites for hydroxylation is 1. The number of aliphatic hydroxyl groups excluding tert-OH is 1. The molecule has 1 N–H and O–H groups in total. The Morgan fingerprint density at radius 2 is 1.87 bits per heavy atom. The van der Waals surface area contributed by atoms with Gasteiger partial charge in [0.2, 0.25) is 0 Å². The second-order valence-corrected chi connectivity index (χ2v) is 9.23. The predicted molar refractivity (Wildman–Crippen MR) is 145 cm³/mol. The number of allylic oxidation sites excluding steroid dienone is 1. The van der Waals surface area contributed by atoms with E-state index >= 15 is 0 Å². The van der Waals surface area contributed by atoms with Crippen molar-refractivity contribution in [3.63, 3.8) is 0 Å². The van der Waals surface area contributed by atoms with Crippen molar-refractivity contribution < 1.29 is 29.0 Å². The summed E-state index contributed by atoms with van der Waals surface area (Å²) in [6, 6.07) is 15.1. The number of rotatable bonds is 10. The molecule has 0 fully saturated rings. The molecular weight excluding hydrogens is 504 g/mol. The number of hydrogen-bond donors (Lipinski definition) is 1. The van der Waals surface area contributed by atoms with Gasteiger partial charge in [0.1, 0.15) is 17.2 Å². The lowest BCUT2D eigenvalue weighted by Crippen LogP contribution is -2.30. The van der Waals surface area contributed by atoms with Crippen molar-refractivity contribution in [2.24, 2.45) is 0 Å². The van der Waals surface area contributed by atoms with Crippen molar-refractivity contribution in [3.8, 4) is 5.75 Å². The van der Waals surface area contributed by atoms with Crippen molar-refractivity contribution in [2.45, 2.75) is 19.9 Å². The number of benzene rings is 2. The minimum absolute atomic E-state index is 0.0255. The van der Waals surface area contributed by atoms with Crippen LogP contribution in [-0.4, -0.2) is 41.0 Å². The largest absolute Gasteiger partial charge is 0.503 e. The number of carbonyl (C=O) groups is 3. The molecule has 1 atom stereocenters. The number of aromatic nitrogens is 1. The summed E-state index contributed by atoms with van der Waals surface area (Å²) < 4.78 is 10.7. The van der Waals surface area contributed by atoms with Gasteiger partial charge in [-0.15, -0.1) is 0 Å². The van der Waals surface area contributed by atoms with E-state index in [4.69, 9.17) is 9.47 Å². The SMILES string of the molecule is C=CCOC(=O)c1sc(N2C(=O)C(O)=C(C(=O)C=Cc3ccccc3)C2c2ccc(OCC)cc2)nc1C. The average molecular weight is 531 g/mol. The van der Waals surface area contributed by atoms with Gasteiger partial charge in [-0.3, -0.25) is 14.5 Å². The lowest BCUT2D eigenvalue weighted by atomic mass is 9.95. The second-order valence-electron chi connectivity index (χ2n) is 8.25. The van der Waals surface area contributed by atoms with Crippen LogP contribution in [0.15, 0.2) is 84.7 Å². The molecule has 1 aliphatic heterocycles. The fraction of sp³-hybridized carbons (Fsp3) is 0.172. The van der Waals surface area contributed by atoms with Gasteiger partial charge in [-0.05, 0) is 43.2 Å². The van der Waals surface area contributed by atoms with E-state index in [2.05, 4.69) is 11.6 Å². The minimum Gasteiger partial charge on any atom is -0.503 e. The number of thiazole rings is 1. The van der Waals surface area contributed by atoms with Crippen molar-refractivity contribution in [3.05, 3.63) is 106 Å². The molecule has 0 aliphatic carbocycles. The van der Waals surface area contributed by atoms with Gasteiger partial charge in [0.05, 0.1) is 23.9 Å². The Morgan fingerprint density at radius 3 is 2.53 bits per heavy atom. The first-order valence-corrected chi connectivity index (χ1v) is 12.7. The van der Waals surface area contributed by atoms with E-state index in [-0.39, 0.29) is 22.2 Å². The van der Waals surface area contributed by atoms with Gasteiger partial charge in [-0.25, -0.2) is 9.78 Å². The standard InChI is InChI=1S/C29H26N2O6S/c1-4-17-37-28(35)26-18(3)30-29(38-26)31-24(20-12-14-21(15-13-20)36-5-2)23(25(33)27(31)34)22(32)16-11-19-9-7-6-8-10-19/h4,6-16,24,33H,1,5,17H2,2-3H3. The first kappa shape index (κ1) is 26.6. The number of ether oxygens (including phenoxy) is 2. The maximum Gasteiger partial charge on any atom is 0.350 e. The molecule has 2 heterocycles. The lowest BCUT2D eigenvalue weighted by molar-refractivity contribution is -0.117. The summed E-state index contributed by atoms with van der Waals surface area (Å²) in [6.07, 6.45) is 4.39. The maximum absolute atomic E-state index is 13.4. The van der Waals surface area contributed by atoms with E-state index in [1.165, 1.54) is 17.1 Å². The third kappa shape index (κ3) is 5.42. The molecule has 0 bridgehead atoms. The van der Waals surface area contributed by atoms with Crippen LogP contribution in [0, 0.1) is 6.92 Å². The number of aliphatic hydroxyl groups is 1. The Labute approximate surface area is 224 Å². The molecule has 1 amide bonds. The molecule has 3 aromatic rings. The Bertz CT molecular complexity index is 1420. The summed E-state index contributed by atoms with van der Waals surface area (Å²) in [5, 5.41) is 11.1. The zero-order valence-corrected chi connectivity index (χ0v) is 21.7. The Kier molecular flexibility index (Phi) is 8.18. The van der Waals surface area contributed by atoms with Crippen LogP contribution in [0.5, 0.6) is 5.75 Å². The predicted octanol–water partition coefficient (Wildman–Crippen LogP) is 5.38. The van der Waals surface area contributed by atoms with E-state index in [9.17, 15) is 19.5 Å².